The number of carbonyl (C=O) groups is 2. The number of piperazine rings is 1. The molecule has 2 heterocycles. The second-order valence-corrected chi connectivity index (χ2v) is 11.3. The second kappa shape index (κ2) is 15.2. The van der Waals surface area contributed by atoms with Crippen LogP contribution in [0.5, 0.6) is 0 Å². The lowest BCUT2D eigenvalue weighted by atomic mass is 9.99. The summed E-state index contributed by atoms with van der Waals surface area (Å²) in [5.41, 5.74) is 5.07. The minimum atomic E-state index is -0.988. The molecule has 9 nitrogen and oxygen atoms in total. The normalized spacial score (nSPS) is 21.4. The Hall–Kier alpha value is -3.60. The first-order valence-corrected chi connectivity index (χ1v) is 15.0. The van der Waals surface area contributed by atoms with Crippen LogP contribution in [0.1, 0.15) is 59.5 Å². The number of nitrogens with one attached hydrogen (secondary N) is 1. The molecule has 0 radical (unpaired) electrons. The van der Waals surface area contributed by atoms with Crippen LogP contribution in [-0.2, 0) is 38.8 Å². The Morgan fingerprint density at radius 2 is 1.42 bits per heavy atom. The van der Waals surface area contributed by atoms with Gasteiger partial charge in [0.15, 0.2) is 6.29 Å². The highest BCUT2D eigenvalue weighted by atomic mass is 16.7. The van der Waals surface area contributed by atoms with Crippen LogP contribution in [-0.4, -0.2) is 70.7 Å². The molecule has 0 saturated carbocycles. The Morgan fingerprint density at radius 3 is 2.09 bits per heavy atom. The molecule has 43 heavy (non-hydrogen) atoms. The molecule has 3 aromatic rings. The van der Waals surface area contributed by atoms with Gasteiger partial charge in [0, 0.05) is 64.2 Å². The van der Waals surface area contributed by atoms with E-state index in [4.69, 9.17) is 14.6 Å². The summed E-state index contributed by atoms with van der Waals surface area (Å²) in [6.07, 6.45) is -0.199. The third-order valence-electron chi connectivity index (χ3n) is 8.10. The van der Waals surface area contributed by atoms with Gasteiger partial charge in [0.2, 0.25) is 5.91 Å². The van der Waals surface area contributed by atoms with Gasteiger partial charge in [-0.25, -0.2) is 0 Å². The first-order chi connectivity index (χ1) is 20.9. The van der Waals surface area contributed by atoms with Crippen LogP contribution in [0, 0.1) is 0 Å². The molecule has 9 heteroatoms. The maximum atomic E-state index is 11.9. The number of hydrogen-bond donors (Lipinski definition) is 3. The van der Waals surface area contributed by atoms with E-state index >= 15 is 0 Å². The number of aliphatic hydroxyl groups excluding tert-OH is 1. The molecule has 3 N–H and O–H groups in total. The summed E-state index contributed by atoms with van der Waals surface area (Å²) in [6, 6.07) is 26.3. The fourth-order valence-corrected chi connectivity index (χ4v) is 5.59. The molecular weight excluding hydrogens is 546 g/mol. The predicted molar refractivity (Wildman–Crippen MR) is 162 cm³/mol. The number of aliphatic hydroxyl groups is 1. The fourth-order valence-electron chi connectivity index (χ4n) is 5.59. The number of amides is 1. The molecule has 2 fully saturated rings. The van der Waals surface area contributed by atoms with E-state index < -0.39 is 12.3 Å². The topological polar surface area (TPSA) is 112 Å². The molecule has 2 aliphatic rings. The second-order valence-electron chi connectivity index (χ2n) is 11.3. The van der Waals surface area contributed by atoms with E-state index in [1.807, 2.05) is 48.5 Å². The third kappa shape index (κ3) is 9.19. The Balaban J connectivity index is 1.21. The van der Waals surface area contributed by atoms with Crippen LogP contribution in [0.3, 0.4) is 0 Å². The van der Waals surface area contributed by atoms with Crippen LogP contribution in [0.4, 0.5) is 0 Å². The van der Waals surface area contributed by atoms with Crippen molar-refractivity contribution in [1.29, 1.82) is 0 Å². The van der Waals surface area contributed by atoms with Gasteiger partial charge in [0.1, 0.15) is 0 Å². The first-order valence-electron chi connectivity index (χ1n) is 15.0. The standard InChI is InChI=1S/C34H41N3O6/c38-24-27-8-10-28(11-9-27)31-20-30(23-37-18-16-36(17-19-37)22-26-4-2-1-3-5-26)42-34(43-31)29-12-6-25(7-13-29)21-35-32(39)14-15-33(40)41/h1-13,30-31,34,38H,14-24H2,(H,35,39)(H,40,41)/t30-,31+,34+/m0/s1. The van der Waals surface area contributed by atoms with E-state index in [1.54, 1.807) is 0 Å². The quantitative estimate of drug-likeness (QED) is 0.292. The zero-order chi connectivity index (χ0) is 30.0. The van der Waals surface area contributed by atoms with Crippen LogP contribution in [0.25, 0.3) is 0 Å². The number of nitrogens with zero attached hydrogens (tertiary/aromatic N) is 2. The van der Waals surface area contributed by atoms with Gasteiger partial charge in [-0.3, -0.25) is 19.4 Å². The highest BCUT2D eigenvalue weighted by molar-refractivity contribution is 5.80. The summed E-state index contributed by atoms with van der Waals surface area (Å²) in [6.45, 7) is 6.13. The lowest BCUT2D eigenvalue weighted by Crippen LogP contribution is -2.49. The molecule has 2 saturated heterocycles. The Kier molecular flexibility index (Phi) is 10.9. The van der Waals surface area contributed by atoms with Crippen molar-refractivity contribution in [3.63, 3.8) is 0 Å². The Morgan fingerprint density at radius 1 is 0.767 bits per heavy atom. The smallest absolute Gasteiger partial charge is 0.303 e. The van der Waals surface area contributed by atoms with Crippen molar-refractivity contribution in [3.8, 4) is 0 Å². The third-order valence-corrected chi connectivity index (χ3v) is 8.10. The van der Waals surface area contributed by atoms with Crippen molar-refractivity contribution in [3.05, 3.63) is 107 Å². The maximum Gasteiger partial charge on any atom is 0.303 e. The summed E-state index contributed by atoms with van der Waals surface area (Å²) in [5.74, 6) is -1.28. The molecule has 228 valence electrons. The van der Waals surface area contributed by atoms with Gasteiger partial charge in [-0.15, -0.1) is 0 Å². The highest BCUT2D eigenvalue weighted by Gasteiger charge is 2.33. The minimum absolute atomic E-state index is 0.00275. The lowest BCUT2D eigenvalue weighted by Gasteiger charge is -2.40. The molecule has 0 aliphatic carbocycles. The number of carboxylic acid groups (broad SMARTS) is 1. The van der Waals surface area contributed by atoms with E-state index in [-0.39, 0.29) is 37.6 Å². The van der Waals surface area contributed by atoms with Crippen LogP contribution in [0.2, 0.25) is 0 Å². The largest absolute Gasteiger partial charge is 0.481 e. The van der Waals surface area contributed by atoms with E-state index in [0.717, 1.165) is 67.9 Å². The molecule has 3 atom stereocenters. The molecule has 0 unspecified atom stereocenters. The summed E-state index contributed by atoms with van der Waals surface area (Å²) in [5, 5.41) is 21.0. The first kappa shape index (κ1) is 30.8. The van der Waals surface area contributed by atoms with E-state index in [9.17, 15) is 14.7 Å². The van der Waals surface area contributed by atoms with Gasteiger partial charge in [-0.1, -0.05) is 78.9 Å². The molecule has 2 aliphatic heterocycles. The number of hydrogen-bond acceptors (Lipinski definition) is 7. The summed E-state index contributed by atoms with van der Waals surface area (Å²) < 4.78 is 13.0. The van der Waals surface area contributed by atoms with Gasteiger partial charge in [-0.05, 0) is 22.3 Å². The molecule has 5 rings (SSSR count). The molecule has 1 amide bonds. The number of carboxylic acids is 1. The van der Waals surface area contributed by atoms with Gasteiger partial charge < -0.3 is 25.0 Å². The number of ether oxygens (including phenoxy) is 2. The van der Waals surface area contributed by atoms with Crippen molar-refractivity contribution in [2.24, 2.45) is 0 Å². The zero-order valence-corrected chi connectivity index (χ0v) is 24.4. The van der Waals surface area contributed by atoms with Crippen LogP contribution >= 0.6 is 0 Å². The molecule has 3 aromatic carbocycles. The van der Waals surface area contributed by atoms with Crippen molar-refractivity contribution >= 4 is 11.9 Å². The van der Waals surface area contributed by atoms with Gasteiger partial charge in [-0.2, -0.15) is 0 Å². The van der Waals surface area contributed by atoms with Gasteiger partial charge in [0.25, 0.3) is 0 Å². The van der Waals surface area contributed by atoms with Crippen LogP contribution in [0.15, 0.2) is 78.9 Å². The summed E-state index contributed by atoms with van der Waals surface area (Å²) in [7, 11) is 0. The maximum absolute atomic E-state index is 11.9. The lowest BCUT2D eigenvalue weighted by molar-refractivity contribution is -0.253. The number of carbonyl (C=O) groups excluding carboxylic acids is 1. The summed E-state index contributed by atoms with van der Waals surface area (Å²) >= 11 is 0. The van der Waals surface area contributed by atoms with Crippen molar-refractivity contribution in [2.75, 3.05) is 32.7 Å². The van der Waals surface area contributed by atoms with Crippen molar-refractivity contribution < 1.29 is 29.3 Å². The minimum Gasteiger partial charge on any atom is -0.481 e. The van der Waals surface area contributed by atoms with E-state index in [2.05, 4.69) is 45.4 Å². The zero-order valence-electron chi connectivity index (χ0n) is 24.4. The van der Waals surface area contributed by atoms with Gasteiger partial charge >= 0.3 is 5.97 Å². The van der Waals surface area contributed by atoms with E-state index in [1.165, 1.54) is 5.56 Å². The average molecular weight is 588 g/mol. The Labute approximate surface area is 253 Å². The molecule has 0 bridgehead atoms. The number of rotatable bonds is 12. The number of benzene rings is 3. The Bertz CT molecular complexity index is 1310. The summed E-state index contributed by atoms with van der Waals surface area (Å²) in [4.78, 5) is 27.6. The number of aliphatic carboxylic acids is 1. The van der Waals surface area contributed by atoms with Gasteiger partial charge in [0.05, 0.1) is 25.2 Å². The van der Waals surface area contributed by atoms with Crippen molar-refractivity contribution in [2.45, 2.75) is 57.5 Å². The van der Waals surface area contributed by atoms with Crippen molar-refractivity contribution in [1.82, 2.24) is 15.1 Å². The molecule has 0 aromatic heterocycles. The fraction of sp³-hybridized carbons (Fsp3) is 0.412. The average Bonchev–Trinajstić information content (AvgIpc) is 3.04. The SMILES string of the molecule is O=C(O)CCC(=O)NCc1ccc([C@@H]2O[C@H](CN3CCN(Cc4ccccc4)CC3)C[C@H](c3ccc(CO)cc3)O2)cc1. The van der Waals surface area contributed by atoms with E-state index in [0.29, 0.717) is 6.54 Å². The predicted octanol–water partition coefficient (Wildman–Crippen LogP) is 4.02. The monoisotopic (exact) mass is 587 g/mol. The molecular formula is C34H41N3O6. The van der Waals surface area contributed by atoms with Crippen LogP contribution < -0.4 is 5.32 Å². The highest BCUT2D eigenvalue weighted by Crippen LogP contribution is 2.38. The molecule has 0 spiro atoms.